The van der Waals surface area contributed by atoms with Crippen LogP contribution in [0.1, 0.15) is 39.5 Å². The second kappa shape index (κ2) is 8.93. The highest BCUT2D eigenvalue weighted by molar-refractivity contribution is 7.34. The van der Waals surface area contributed by atoms with Gasteiger partial charge in [-0.2, -0.15) is 0 Å². The van der Waals surface area contributed by atoms with Crippen LogP contribution in [0, 0.1) is 0 Å². The van der Waals surface area contributed by atoms with E-state index in [0.717, 1.165) is 36.7 Å². The third-order valence-corrected chi connectivity index (χ3v) is 3.22. The van der Waals surface area contributed by atoms with E-state index in [1.165, 1.54) is 0 Å². The van der Waals surface area contributed by atoms with Crippen LogP contribution in [0.2, 0.25) is 0 Å². The van der Waals surface area contributed by atoms with Crippen molar-refractivity contribution in [1.29, 1.82) is 0 Å². The first kappa shape index (κ1) is 15.0. The van der Waals surface area contributed by atoms with E-state index < -0.39 is 8.46 Å². The molecule has 0 N–H and O–H groups in total. The average Bonchev–Trinajstić information content (AvgIpc) is 2.40. The van der Waals surface area contributed by atoms with Crippen LogP contribution < -0.4 is 14.8 Å². The summed E-state index contributed by atoms with van der Waals surface area (Å²) in [6.07, 6.45) is 4.24. The number of rotatable bonds is 9. The normalized spacial score (nSPS) is 10.6. The molecule has 1 aromatic carbocycles. The summed E-state index contributed by atoms with van der Waals surface area (Å²) in [5.74, 6) is 1.47. The maximum atomic E-state index is 11.1. The molecule has 0 spiro atoms. The van der Waals surface area contributed by atoms with Crippen LogP contribution in [0.3, 0.4) is 0 Å². The Labute approximate surface area is 111 Å². The number of ether oxygens (including phenoxy) is 2. The zero-order valence-electron chi connectivity index (χ0n) is 11.2. The minimum Gasteiger partial charge on any atom is -0.493 e. The molecule has 1 unspecified atom stereocenters. The average molecular weight is 269 g/mol. The molecule has 0 aliphatic rings. The standard InChI is InChI=1S/C14H21O3P/c1-3-5-9-16-12-7-8-14(18-15)13(11-12)17-10-6-4-2/h7-8,11H,3-6,9-10H2,1-2H3/p+1. The van der Waals surface area contributed by atoms with Gasteiger partial charge in [0.05, 0.1) is 13.2 Å². The topological polar surface area (TPSA) is 35.5 Å². The Bertz CT molecular complexity index is 366. The third-order valence-electron chi connectivity index (χ3n) is 2.59. The SMILES string of the molecule is CCCCOc1ccc([PH+]=O)c(OCCCC)c1. The van der Waals surface area contributed by atoms with Gasteiger partial charge in [-0.3, -0.25) is 0 Å². The van der Waals surface area contributed by atoms with Crippen molar-refractivity contribution in [3.05, 3.63) is 18.2 Å². The third kappa shape index (κ3) is 5.05. The van der Waals surface area contributed by atoms with Crippen molar-refractivity contribution in [3.8, 4) is 11.5 Å². The minimum atomic E-state index is -0.491. The van der Waals surface area contributed by atoms with Crippen LogP contribution >= 0.6 is 8.46 Å². The molecule has 4 heteroatoms. The van der Waals surface area contributed by atoms with E-state index in [9.17, 15) is 4.57 Å². The highest BCUT2D eigenvalue weighted by Gasteiger charge is 2.12. The van der Waals surface area contributed by atoms with Gasteiger partial charge in [-0.05, 0) is 25.0 Å². The lowest BCUT2D eigenvalue weighted by Gasteiger charge is -2.08. The van der Waals surface area contributed by atoms with Gasteiger partial charge < -0.3 is 9.47 Å². The number of benzene rings is 1. The minimum absolute atomic E-state index is 0.491. The van der Waals surface area contributed by atoms with Gasteiger partial charge in [-0.25, -0.2) is 0 Å². The summed E-state index contributed by atoms with van der Waals surface area (Å²) in [5.41, 5.74) is 0. The summed E-state index contributed by atoms with van der Waals surface area (Å²) in [6.45, 7) is 5.62. The van der Waals surface area contributed by atoms with Crippen molar-refractivity contribution >= 4 is 13.8 Å². The molecule has 0 amide bonds. The van der Waals surface area contributed by atoms with Crippen LogP contribution in [-0.4, -0.2) is 13.2 Å². The first-order valence-corrected chi connectivity index (χ1v) is 7.50. The molecule has 0 heterocycles. The second-order valence-electron chi connectivity index (χ2n) is 4.16. The smallest absolute Gasteiger partial charge is 0.367 e. The molecule has 1 aromatic rings. The molecule has 0 fully saturated rings. The summed E-state index contributed by atoms with van der Waals surface area (Å²) in [4.78, 5) is 0. The predicted octanol–water partition coefficient (Wildman–Crippen LogP) is 3.69. The van der Waals surface area contributed by atoms with Crippen molar-refractivity contribution in [1.82, 2.24) is 0 Å². The van der Waals surface area contributed by atoms with Gasteiger partial charge >= 0.3 is 8.46 Å². The van der Waals surface area contributed by atoms with E-state index in [0.29, 0.717) is 19.0 Å². The molecule has 0 bridgehead atoms. The zero-order chi connectivity index (χ0) is 13.2. The van der Waals surface area contributed by atoms with Gasteiger partial charge in [0, 0.05) is 6.07 Å². The lowest BCUT2D eigenvalue weighted by molar-refractivity contribution is 0.296. The second-order valence-corrected chi connectivity index (χ2v) is 4.91. The fraction of sp³-hybridized carbons (Fsp3) is 0.571. The molecular weight excluding hydrogens is 247 g/mol. The quantitative estimate of drug-likeness (QED) is 0.506. The first-order valence-electron chi connectivity index (χ1n) is 6.59. The van der Waals surface area contributed by atoms with Crippen LogP contribution in [0.15, 0.2) is 18.2 Å². The van der Waals surface area contributed by atoms with Crippen molar-refractivity contribution < 1.29 is 14.0 Å². The maximum absolute atomic E-state index is 11.1. The molecule has 0 aliphatic heterocycles. The van der Waals surface area contributed by atoms with E-state index in [2.05, 4.69) is 13.8 Å². The molecule has 0 saturated carbocycles. The molecule has 3 nitrogen and oxygen atoms in total. The van der Waals surface area contributed by atoms with Crippen molar-refractivity contribution in [3.63, 3.8) is 0 Å². The van der Waals surface area contributed by atoms with Gasteiger partial charge in [0.25, 0.3) is 0 Å². The van der Waals surface area contributed by atoms with Crippen LogP contribution in [0.25, 0.3) is 0 Å². The molecule has 0 saturated heterocycles. The van der Waals surface area contributed by atoms with Gasteiger partial charge in [-0.1, -0.05) is 31.3 Å². The number of unbranched alkanes of at least 4 members (excludes halogenated alkanes) is 2. The molecule has 0 aliphatic carbocycles. The zero-order valence-corrected chi connectivity index (χ0v) is 12.2. The monoisotopic (exact) mass is 269 g/mol. The summed E-state index contributed by atoms with van der Waals surface area (Å²) in [5, 5.41) is 0.731. The fourth-order valence-corrected chi connectivity index (χ4v) is 1.85. The highest BCUT2D eigenvalue weighted by atomic mass is 31.1. The number of hydrogen-bond acceptors (Lipinski definition) is 3. The summed E-state index contributed by atoms with van der Waals surface area (Å²) in [6, 6.07) is 5.50. The lowest BCUT2D eigenvalue weighted by Crippen LogP contribution is -2.06. The Hall–Kier alpha value is -1.08. The van der Waals surface area contributed by atoms with Crippen molar-refractivity contribution in [2.75, 3.05) is 13.2 Å². The maximum Gasteiger partial charge on any atom is 0.367 e. The molecule has 0 radical (unpaired) electrons. The first-order chi connectivity index (χ1) is 8.81. The van der Waals surface area contributed by atoms with Crippen LogP contribution in [0.5, 0.6) is 11.5 Å². The Morgan fingerprint density at radius 3 is 2.33 bits per heavy atom. The Kier molecular flexibility index (Phi) is 7.43. The molecule has 1 rings (SSSR count). The Morgan fingerprint density at radius 1 is 1.06 bits per heavy atom. The van der Waals surface area contributed by atoms with Gasteiger partial charge in [0.2, 0.25) is 5.30 Å². The van der Waals surface area contributed by atoms with Crippen LogP contribution in [0.4, 0.5) is 0 Å². The van der Waals surface area contributed by atoms with E-state index in [-0.39, 0.29) is 0 Å². The molecular formula is C14H22O3P+. The van der Waals surface area contributed by atoms with Gasteiger partial charge in [0.1, 0.15) is 5.75 Å². The van der Waals surface area contributed by atoms with Crippen LogP contribution in [-0.2, 0) is 4.57 Å². The summed E-state index contributed by atoms with van der Waals surface area (Å²) in [7, 11) is -0.491. The highest BCUT2D eigenvalue weighted by Crippen LogP contribution is 2.21. The Balaban J connectivity index is 2.65. The van der Waals surface area contributed by atoms with E-state index in [1.807, 2.05) is 18.2 Å². The molecule has 0 aromatic heterocycles. The van der Waals surface area contributed by atoms with Crippen molar-refractivity contribution in [2.24, 2.45) is 0 Å². The molecule has 18 heavy (non-hydrogen) atoms. The predicted molar refractivity (Wildman–Crippen MR) is 75.9 cm³/mol. The van der Waals surface area contributed by atoms with Crippen molar-refractivity contribution in [2.45, 2.75) is 39.5 Å². The fourth-order valence-electron chi connectivity index (χ4n) is 1.46. The van der Waals surface area contributed by atoms with E-state index in [1.54, 1.807) is 0 Å². The van der Waals surface area contributed by atoms with E-state index in [4.69, 9.17) is 9.47 Å². The molecule has 100 valence electrons. The van der Waals surface area contributed by atoms with Gasteiger partial charge in [-0.15, -0.1) is 0 Å². The number of hydrogen-bond donors (Lipinski definition) is 0. The van der Waals surface area contributed by atoms with Gasteiger partial charge in [0.15, 0.2) is 5.75 Å². The molecule has 1 atom stereocenters. The summed E-state index contributed by atoms with van der Waals surface area (Å²) < 4.78 is 22.3. The van der Waals surface area contributed by atoms with E-state index >= 15 is 0 Å². The summed E-state index contributed by atoms with van der Waals surface area (Å²) >= 11 is 0. The Morgan fingerprint density at radius 2 is 1.72 bits per heavy atom. The lowest BCUT2D eigenvalue weighted by atomic mass is 10.3. The largest absolute Gasteiger partial charge is 0.493 e.